The lowest BCUT2D eigenvalue weighted by Crippen LogP contribution is -2.18. The Morgan fingerprint density at radius 1 is 1.18 bits per heavy atom. The Bertz CT molecular complexity index is 754. The molecular weight excluding hydrogens is 282 g/mol. The van der Waals surface area contributed by atoms with Gasteiger partial charge < -0.3 is 0 Å². The first kappa shape index (κ1) is 15.4. The fraction of sp³-hybridized carbons (Fsp3) is 0.125. The maximum atomic E-state index is 12.0. The lowest BCUT2D eigenvalue weighted by molar-refractivity contribution is -0.385. The molecular formula is C16H15N3O3. The zero-order valence-corrected chi connectivity index (χ0v) is 12.2. The summed E-state index contributed by atoms with van der Waals surface area (Å²) in [5.41, 5.74) is 4.90. The minimum absolute atomic E-state index is 0.0875. The topological polar surface area (TPSA) is 84.6 Å². The van der Waals surface area contributed by atoms with E-state index in [1.165, 1.54) is 24.4 Å². The molecule has 1 amide bonds. The Balaban J connectivity index is 2.12. The molecule has 0 radical (unpaired) electrons. The first-order valence-corrected chi connectivity index (χ1v) is 6.63. The summed E-state index contributed by atoms with van der Waals surface area (Å²) in [6.45, 7) is 3.56. The molecule has 1 N–H and O–H groups in total. The molecule has 0 heterocycles. The molecule has 6 nitrogen and oxygen atoms in total. The van der Waals surface area contributed by atoms with Crippen molar-refractivity contribution in [1.82, 2.24) is 5.43 Å². The summed E-state index contributed by atoms with van der Waals surface area (Å²) < 4.78 is 0. The van der Waals surface area contributed by atoms with Crippen molar-refractivity contribution in [3.05, 3.63) is 74.8 Å². The Morgan fingerprint density at radius 2 is 1.91 bits per heavy atom. The van der Waals surface area contributed by atoms with Gasteiger partial charge in [-0.3, -0.25) is 14.9 Å². The number of nitrogens with zero attached hydrogens (tertiary/aromatic N) is 2. The molecule has 2 rings (SSSR count). The largest absolute Gasteiger partial charge is 0.273 e. The third-order valence-electron chi connectivity index (χ3n) is 3.23. The minimum atomic E-state index is -0.511. The molecule has 0 spiro atoms. The van der Waals surface area contributed by atoms with Gasteiger partial charge in [0.2, 0.25) is 0 Å². The second kappa shape index (κ2) is 6.62. The number of nitrogens with one attached hydrogen (secondary N) is 1. The molecule has 0 bridgehead atoms. The average molecular weight is 297 g/mol. The molecule has 0 saturated carbocycles. The van der Waals surface area contributed by atoms with Crippen molar-refractivity contribution in [2.24, 2.45) is 5.10 Å². The van der Waals surface area contributed by atoms with Gasteiger partial charge in [-0.25, -0.2) is 5.43 Å². The quantitative estimate of drug-likeness (QED) is 0.535. The normalized spacial score (nSPS) is 10.6. The summed E-state index contributed by atoms with van der Waals surface area (Å²) in [7, 11) is 0. The average Bonchev–Trinajstić information content (AvgIpc) is 2.49. The maximum absolute atomic E-state index is 12.0. The van der Waals surface area contributed by atoms with E-state index in [4.69, 9.17) is 0 Å². The van der Waals surface area contributed by atoms with Crippen molar-refractivity contribution in [3.8, 4) is 0 Å². The first-order chi connectivity index (χ1) is 10.5. The second-order valence-electron chi connectivity index (χ2n) is 4.81. The number of carbonyl (C=O) groups is 1. The maximum Gasteiger partial charge on any atom is 0.273 e. The lowest BCUT2D eigenvalue weighted by atomic mass is 10.1. The van der Waals surface area contributed by atoms with Crippen LogP contribution in [0.15, 0.2) is 47.6 Å². The summed E-state index contributed by atoms with van der Waals surface area (Å²) >= 11 is 0. The summed E-state index contributed by atoms with van der Waals surface area (Å²) in [4.78, 5) is 22.3. The molecule has 0 unspecified atom stereocenters. The number of benzene rings is 2. The van der Waals surface area contributed by atoms with Crippen LogP contribution in [0.5, 0.6) is 0 Å². The van der Waals surface area contributed by atoms with E-state index in [1.807, 2.05) is 31.2 Å². The van der Waals surface area contributed by atoms with Gasteiger partial charge in [0.25, 0.3) is 11.6 Å². The number of nitro benzene ring substituents is 1. The molecule has 0 atom stereocenters. The SMILES string of the molecule is Cc1ccccc1C=NNC(=O)c1ccc(C)c([N+](=O)[O-])c1. The van der Waals surface area contributed by atoms with Crippen LogP contribution in [0.2, 0.25) is 0 Å². The fourth-order valence-corrected chi connectivity index (χ4v) is 1.90. The van der Waals surface area contributed by atoms with E-state index in [-0.39, 0.29) is 11.3 Å². The first-order valence-electron chi connectivity index (χ1n) is 6.63. The van der Waals surface area contributed by atoms with Gasteiger partial charge in [0.1, 0.15) is 0 Å². The summed E-state index contributed by atoms with van der Waals surface area (Å²) in [6.07, 6.45) is 1.54. The van der Waals surface area contributed by atoms with Crippen molar-refractivity contribution in [2.45, 2.75) is 13.8 Å². The van der Waals surface area contributed by atoms with Gasteiger partial charge in [-0.15, -0.1) is 0 Å². The predicted octanol–water partition coefficient (Wildman–Crippen LogP) is 2.98. The summed E-state index contributed by atoms with van der Waals surface area (Å²) in [6, 6.07) is 11.9. The molecule has 2 aromatic carbocycles. The van der Waals surface area contributed by atoms with Crippen LogP contribution in [0.4, 0.5) is 5.69 Å². The van der Waals surface area contributed by atoms with Crippen LogP contribution in [-0.2, 0) is 0 Å². The Labute approximate surface area is 127 Å². The van der Waals surface area contributed by atoms with Gasteiger partial charge in [-0.1, -0.05) is 30.3 Å². The van der Waals surface area contributed by atoms with E-state index in [1.54, 1.807) is 6.92 Å². The van der Waals surface area contributed by atoms with Crippen LogP contribution in [-0.4, -0.2) is 17.0 Å². The minimum Gasteiger partial charge on any atom is -0.267 e. The molecule has 0 saturated heterocycles. The van der Waals surface area contributed by atoms with Crippen molar-refractivity contribution in [3.63, 3.8) is 0 Å². The summed E-state index contributed by atoms with van der Waals surface area (Å²) in [5.74, 6) is -0.493. The third-order valence-corrected chi connectivity index (χ3v) is 3.23. The van der Waals surface area contributed by atoms with E-state index in [9.17, 15) is 14.9 Å². The van der Waals surface area contributed by atoms with Crippen molar-refractivity contribution in [1.29, 1.82) is 0 Å². The van der Waals surface area contributed by atoms with Crippen molar-refractivity contribution >= 4 is 17.8 Å². The number of amides is 1. The molecule has 0 aliphatic heterocycles. The third kappa shape index (κ3) is 3.54. The van der Waals surface area contributed by atoms with E-state index in [0.717, 1.165) is 11.1 Å². The van der Waals surface area contributed by atoms with Gasteiger partial charge in [-0.05, 0) is 31.0 Å². The van der Waals surface area contributed by atoms with Gasteiger partial charge in [-0.2, -0.15) is 5.10 Å². The van der Waals surface area contributed by atoms with Gasteiger partial charge in [0, 0.05) is 17.2 Å². The molecule has 22 heavy (non-hydrogen) atoms. The molecule has 0 aliphatic rings. The highest BCUT2D eigenvalue weighted by atomic mass is 16.6. The predicted molar refractivity (Wildman–Crippen MR) is 84.1 cm³/mol. The van der Waals surface area contributed by atoms with Crippen molar-refractivity contribution < 1.29 is 9.72 Å². The van der Waals surface area contributed by atoms with Gasteiger partial charge >= 0.3 is 0 Å². The number of hydrogen-bond donors (Lipinski definition) is 1. The van der Waals surface area contributed by atoms with E-state index in [2.05, 4.69) is 10.5 Å². The summed E-state index contributed by atoms with van der Waals surface area (Å²) in [5, 5.41) is 14.8. The number of rotatable bonds is 4. The number of hydrazone groups is 1. The lowest BCUT2D eigenvalue weighted by Gasteiger charge is -2.02. The number of aryl methyl sites for hydroxylation is 2. The van der Waals surface area contributed by atoms with E-state index in [0.29, 0.717) is 5.56 Å². The molecule has 6 heteroatoms. The van der Waals surface area contributed by atoms with Crippen LogP contribution >= 0.6 is 0 Å². The zero-order valence-electron chi connectivity index (χ0n) is 12.2. The molecule has 0 aliphatic carbocycles. The van der Waals surface area contributed by atoms with Crippen LogP contribution < -0.4 is 5.43 Å². The number of carbonyl (C=O) groups excluding carboxylic acids is 1. The Morgan fingerprint density at radius 3 is 2.59 bits per heavy atom. The second-order valence-corrected chi connectivity index (χ2v) is 4.81. The zero-order chi connectivity index (χ0) is 16.1. The number of hydrogen-bond acceptors (Lipinski definition) is 4. The van der Waals surface area contributed by atoms with E-state index >= 15 is 0 Å². The smallest absolute Gasteiger partial charge is 0.267 e. The standard InChI is InChI=1S/C16H15N3O3/c1-11-5-3-4-6-14(11)10-17-18-16(20)13-8-7-12(2)15(9-13)19(21)22/h3-10H,1-2H3,(H,18,20). The number of nitro groups is 1. The van der Waals surface area contributed by atoms with Crippen molar-refractivity contribution in [2.75, 3.05) is 0 Å². The van der Waals surface area contributed by atoms with E-state index < -0.39 is 10.8 Å². The Kier molecular flexibility index (Phi) is 4.63. The molecule has 0 aromatic heterocycles. The monoisotopic (exact) mass is 297 g/mol. The molecule has 0 fully saturated rings. The fourth-order valence-electron chi connectivity index (χ4n) is 1.90. The highest BCUT2D eigenvalue weighted by Gasteiger charge is 2.14. The van der Waals surface area contributed by atoms with Gasteiger partial charge in [0.15, 0.2) is 0 Å². The Hall–Kier alpha value is -3.02. The molecule has 2 aromatic rings. The van der Waals surface area contributed by atoms with Crippen LogP contribution in [0, 0.1) is 24.0 Å². The highest BCUT2D eigenvalue weighted by Crippen LogP contribution is 2.19. The van der Waals surface area contributed by atoms with Crippen LogP contribution in [0.1, 0.15) is 27.0 Å². The van der Waals surface area contributed by atoms with Crippen LogP contribution in [0.25, 0.3) is 0 Å². The molecule has 112 valence electrons. The highest BCUT2D eigenvalue weighted by molar-refractivity contribution is 5.95. The van der Waals surface area contributed by atoms with Crippen LogP contribution in [0.3, 0.4) is 0 Å². The van der Waals surface area contributed by atoms with Gasteiger partial charge in [0.05, 0.1) is 11.1 Å².